The zero-order valence-electron chi connectivity index (χ0n) is 16.4. The highest BCUT2D eigenvalue weighted by Crippen LogP contribution is 2.28. The maximum atomic E-state index is 11.7. The summed E-state index contributed by atoms with van der Waals surface area (Å²) in [4.78, 5) is 13.1. The lowest BCUT2D eigenvalue weighted by Gasteiger charge is -2.27. The molecule has 0 atom stereocenters. The summed E-state index contributed by atoms with van der Waals surface area (Å²) in [6.45, 7) is 6.87. The zero-order chi connectivity index (χ0) is 20.1. The number of nitrogens with zero attached hydrogens (tertiary/aromatic N) is 3. The number of piperidine rings is 1. The molecule has 7 nitrogen and oxygen atoms in total. The Labute approximate surface area is 170 Å². The molecule has 0 unspecified atom stereocenters. The number of ether oxygens (including phenoxy) is 2. The Balaban J connectivity index is 1.84. The van der Waals surface area contributed by atoms with Gasteiger partial charge in [0.15, 0.2) is 12.5 Å². The van der Waals surface area contributed by atoms with Crippen LogP contribution in [0.15, 0.2) is 36.9 Å². The van der Waals surface area contributed by atoms with Crippen molar-refractivity contribution in [3.8, 4) is 17.1 Å². The van der Waals surface area contributed by atoms with Gasteiger partial charge in [0.2, 0.25) is 4.77 Å². The zero-order valence-corrected chi connectivity index (χ0v) is 17.2. The summed E-state index contributed by atoms with van der Waals surface area (Å²) in [7, 11) is 3.10. The van der Waals surface area contributed by atoms with Crippen LogP contribution in [0.25, 0.3) is 11.4 Å². The monoisotopic (exact) mass is 403 g/mol. The van der Waals surface area contributed by atoms with E-state index in [1.807, 2.05) is 39.6 Å². The van der Waals surface area contributed by atoms with Crippen molar-refractivity contribution in [3.63, 3.8) is 0 Å². The van der Waals surface area contributed by atoms with Crippen LogP contribution in [0.5, 0.6) is 5.75 Å². The number of rotatable bonds is 7. The van der Waals surface area contributed by atoms with E-state index in [1.54, 1.807) is 7.11 Å². The van der Waals surface area contributed by atoms with Gasteiger partial charge in [-0.15, -0.1) is 11.7 Å². The lowest BCUT2D eigenvalue weighted by Crippen LogP contribution is -3.12. The molecule has 0 bridgehead atoms. The number of carbonyl (C=O) groups excluding carboxylic acids is 1. The molecule has 2 heterocycles. The Hall–Kier alpha value is -2.45. The van der Waals surface area contributed by atoms with E-state index in [1.165, 1.54) is 12.0 Å². The minimum absolute atomic E-state index is 0.00388. The molecule has 0 aliphatic carbocycles. The fraction of sp³-hybridized carbons (Fsp3) is 0.450. The molecule has 0 saturated carbocycles. The van der Waals surface area contributed by atoms with Crippen molar-refractivity contribution < 1.29 is 19.2 Å². The molecular weight excluding hydrogens is 376 g/mol. The number of allylic oxidation sites excluding steroid dienone is 1. The summed E-state index contributed by atoms with van der Waals surface area (Å²) in [5, 5.41) is 4.81. The Morgan fingerprint density at radius 2 is 2.07 bits per heavy atom. The molecule has 1 fully saturated rings. The van der Waals surface area contributed by atoms with E-state index in [9.17, 15) is 4.79 Å². The first-order chi connectivity index (χ1) is 13.6. The van der Waals surface area contributed by atoms with Crippen LogP contribution >= 0.6 is 12.2 Å². The quantitative estimate of drug-likeness (QED) is 0.433. The average molecular weight is 404 g/mol. The molecule has 1 aromatic heterocycles. The molecule has 3 rings (SSSR count). The van der Waals surface area contributed by atoms with Gasteiger partial charge in [-0.05, 0) is 24.4 Å². The summed E-state index contributed by atoms with van der Waals surface area (Å²) in [5.41, 5.74) is 0.899. The van der Waals surface area contributed by atoms with E-state index in [0.717, 1.165) is 43.1 Å². The minimum Gasteiger partial charge on any atom is -0.496 e. The van der Waals surface area contributed by atoms with Crippen molar-refractivity contribution in [1.82, 2.24) is 14.3 Å². The molecule has 2 aromatic rings. The SMILES string of the molecule is C=CCn1c(-c2ccccc2OC)nn(C[NH+]2CCC(C(=O)OC)CC2)c1=S. The third-order valence-electron chi connectivity index (χ3n) is 5.18. The van der Waals surface area contributed by atoms with Gasteiger partial charge >= 0.3 is 5.97 Å². The van der Waals surface area contributed by atoms with Crippen molar-refractivity contribution >= 4 is 18.2 Å². The minimum atomic E-state index is -0.107. The van der Waals surface area contributed by atoms with E-state index in [4.69, 9.17) is 26.8 Å². The van der Waals surface area contributed by atoms with Crippen molar-refractivity contribution in [3.05, 3.63) is 41.7 Å². The Morgan fingerprint density at radius 3 is 2.71 bits per heavy atom. The van der Waals surface area contributed by atoms with Crippen molar-refractivity contribution in [1.29, 1.82) is 0 Å². The number of methoxy groups -OCH3 is 2. The van der Waals surface area contributed by atoms with Crippen LogP contribution in [-0.4, -0.2) is 47.6 Å². The largest absolute Gasteiger partial charge is 0.496 e. The van der Waals surface area contributed by atoms with Crippen molar-refractivity contribution in [2.24, 2.45) is 5.92 Å². The number of likely N-dealkylation sites (tertiary alicyclic amines) is 1. The molecule has 1 N–H and O–H groups in total. The van der Waals surface area contributed by atoms with Crippen molar-refractivity contribution in [2.45, 2.75) is 26.1 Å². The molecule has 1 saturated heterocycles. The maximum Gasteiger partial charge on any atom is 0.309 e. The van der Waals surface area contributed by atoms with Crippen LogP contribution in [0.1, 0.15) is 12.8 Å². The fourth-order valence-electron chi connectivity index (χ4n) is 3.66. The predicted molar refractivity (Wildman–Crippen MR) is 109 cm³/mol. The first kappa shape index (κ1) is 20.3. The normalized spacial score (nSPS) is 19.2. The van der Waals surface area contributed by atoms with Gasteiger partial charge in [-0.2, -0.15) is 4.68 Å². The molecule has 0 amide bonds. The number of carbonyl (C=O) groups is 1. The van der Waals surface area contributed by atoms with Crippen molar-refractivity contribution in [2.75, 3.05) is 27.3 Å². The fourth-order valence-corrected chi connectivity index (χ4v) is 3.93. The number of hydrogen-bond acceptors (Lipinski definition) is 5. The standard InChI is InChI=1S/C20H26N4O3S/c1-4-11-23-18(16-7-5-6-8-17(16)26-2)21-24(20(23)28)14-22-12-9-15(10-13-22)19(25)27-3/h4-8,15H,1,9-14H2,2-3H3/p+1. The number of esters is 1. The number of aromatic nitrogens is 3. The average Bonchev–Trinajstić information content (AvgIpc) is 3.03. The van der Waals surface area contributed by atoms with Gasteiger partial charge in [0.1, 0.15) is 5.75 Å². The Kier molecular flexibility index (Phi) is 6.64. The smallest absolute Gasteiger partial charge is 0.309 e. The maximum absolute atomic E-state index is 11.7. The number of benzene rings is 1. The molecule has 8 heteroatoms. The molecule has 1 aromatic carbocycles. The molecule has 28 heavy (non-hydrogen) atoms. The molecule has 1 aliphatic heterocycles. The Morgan fingerprint density at radius 1 is 1.36 bits per heavy atom. The van der Waals surface area contributed by atoms with E-state index < -0.39 is 0 Å². The third kappa shape index (κ3) is 4.18. The second-order valence-electron chi connectivity index (χ2n) is 6.91. The van der Waals surface area contributed by atoms with Gasteiger partial charge in [-0.25, -0.2) is 0 Å². The van der Waals surface area contributed by atoms with Gasteiger partial charge in [0, 0.05) is 19.4 Å². The first-order valence-electron chi connectivity index (χ1n) is 9.42. The molecule has 0 radical (unpaired) electrons. The van der Waals surface area contributed by atoms with Gasteiger partial charge in [0.05, 0.1) is 38.8 Å². The molecule has 0 spiro atoms. The number of nitrogens with one attached hydrogen (secondary N) is 1. The molecule has 150 valence electrons. The highest BCUT2D eigenvalue weighted by molar-refractivity contribution is 7.71. The van der Waals surface area contributed by atoms with E-state index in [2.05, 4.69) is 6.58 Å². The van der Waals surface area contributed by atoms with E-state index in [0.29, 0.717) is 18.0 Å². The van der Waals surface area contributed by atoms with Crippen LogP contribution in [0.4, 0.5) is 0 Å². The number of quaternary nitrogens is 1. The highest BCUT2D eigenvalue weighted by Gasteiger charge is 2.28. The number of hydrogen-bond donors (Lipinski definition) is 1. The molecular formula is C20H27N4O3S+. The van der Waals surface area contributed by atoms with Gasteiger partial charge < -0.3 is 14.4 Å². The van der Waals surface area contributed by atoms with Gasteiger partial charge in [-0.1, -0.05) is 18.2 Å². The second-order valence-corrected chi connectivity index (χ2v) is 7.28. The van der Waals surface area contributed by atoms with E-state index >= 15 is 0 Å². The summed E-state index contributed by atoms with van der Waals surface area (Å²) < 4.78 is 14.9. The van der Waals surface area contributed by atoms with Gasteiger partial charge in [-0.3, -0.25) is 9.36 Å². The predicted octanol–water partition coefficient (Wildman–Crippen LogP) is 1.70. The highest BCUT2D eigenvalue weighted by atomic mass is 32.1. The van der Waals surface area contributed by atoms with Crippen LogP contribution in [-0.2, 0) is 22.7 Å². The summed E-state index contributed by atoms with van der Waals surface area (Å²) in [6.07, 6.45) is 3.46. The second kappa shape index (κ2) is 9.16. The third-order valence-corrected chi connectivity index (χ3v) is 5.61. The summed E-state index contributed by atoms with van der Waals surface area (Å²) >= 11 is 5.70. The van der Waals surface area contributed by atoms with Crippen LogP contribution < -0.4 is 9.64 Å². The lowest BCUT2D eigenvalue weighted by atomic mass is 9.97. The lowest BCUT2D eigenvalue weighted by molar-refractivity contribution is -0.929. The first-order valence-corrected chi connectivity index (χ1v) is 9.83. The summed E-state index contributed by atoms with van der Waals surface area (Å²) in [6, 6.07) is 7.79. The van der Waals surface area contributed by atoms with Crippen LogP contribution in [0, 0.1) is 10.7 Å². The number of para-hydroxylation sites is 1. The van der Waals surface area contributed by atoms with E-state index in [-0.39, 0.29) is 11.9 Å². The molecule has 1 aliphatic rings. The summed E-state index contributed by atoms with van der Waals surface area (Å²) in [5.74, 6) is 1.42. The Bertz CT molecular complexity index is 897. The van der Waals surface area contributed by atoms with Gasteiger partial charge in [0.25, 0.3) is 0 Å². The topological polar surface area (TPSA) is 62.7 Å². The van der Waals surface area contributed by atoms with Crippen LogP contribution in [0.2, 0.25) is 0 Å². The van der Waals surface area contributed by atoms with Crippen LogP contribution in [0.3, 0.4) is 0 Å².